The molecule has 0 aromatic carbocycles. The average molecular weight is 539 g/mol. The fourth-order valence-corrected chi connectivity index (χ4v) is 5.16. The van der Waals surface area contributed by atoms with Crippen LogP contribution < -0.4 is 5.32 Å². The van der Waals surface area contributed by atoms with E-state index in [9.17, 15) is 14.4 Å². The number of aromatic carboxylic acids is 1. The highest BCUT2D eigenvalue weighted by atomic mass is 32.1. The van der Waals surface area contributed by atoms with Gasteiger partial charge in [-0.3, -0.25) is 0 Å². The molecule has 1 amide bonds. The summed E-state index contributed by atoms with van der Waals surface area (Å²) in [6, 6.07) is -0.986. The van der Waals surface area contributed by atoms with Crippen LogP contribution in [0.1, 0.15) is 57.0 Å². The predicted octanol–water partition coefficient (Wildman–Crippen LogP) is 4.87. The molecule has 0 radical (unpaired) electrons. The molecule has 2 N–H and O–H groups in total. The van der Waals surface area contributed by atoms with Crippen LogP contribution >= 0.6 is 34.0 Å². The number of carboxylic acids is 1. The van der Waals surface area contributed by atoms with Crippen molar-refractivity contribution in [2.45, 2.75) is 65.2 Å². The van der Waals surface area contributed by atoms with Gasteiger partial charge >= 0.3 is 18.0 Å². The quantitative estimate of drug-likeness (QED) is 0.403. The molecule has 13 heteroatoms. The summed E-state index contributed by atoms with van der Waals surface area (Å²) in [5.41, 5.74) is -0.303. The molecule has 0 aliphatic rings. The molecule has 1 atom stereocenters. The minimum atomic E-state index is -1.09. The Balaban J connectivity index is 1.76. The van der Waals surface area contributed by atoms with E-state index in [1.54, 1.807) is 46.9 Å². The van der Waals surface area contributed by atoms with Gasteiger partial charge in [-0.15, -0.1) is 34.0 Å². The van der Waals surface area contributed by atoms with Crippen LogP contribution in [0.25, 0.3) is 21.4 Å². The SMILES string of the molecule is CC(C)(C)OC(=O)N[C@@H](Cc1nc(-c2nc(-c3nc(C(=O)O)cs3)cs2)cs1)C(=O)OC(C)(C)C. The van der Waals surface area contributed by atoms with Crippen LogP contribution in [-0.2, 0) is 20.7 Å². The fourth-order valence-electron chi connectivity index (χ4n) is 2.67. The number of amides is 1. The maximum Gasteiger partial charge on any atom is 0.408 e. The average Bonchev–Trinajstić information content (AvgIpc) is 3.44. The number of carboxylic acid groups (broad SMARTS) is 1. The lowest BCUT2D eigenvalue weighted by Crippen LogP contribution is -2.47. The van der Waals surface area contributed by atoms with E-state index in [1.165, 1.54) is 39.4 Å². The summed E-state index contributed by atoms with van der Waals surface area (Å²) >= 11 is 3.88. The van der Waals surface area contributed by atoms with Crippen molar-refractivity contribution in [2.24, 2.45) is 0 Å². The normalized spacial score (nSPS) is 12.7. The Morgan fingerprint density at radius 3 is 2.06 bits per heavy atom. The number of thiazole rings is 3. The van der Waals surface area contributed by atoms with Gasteiger partial charge in [0.15, 0.2) is 5.69 Å². The first-order valence-electron chi connectivity index (χ1n) is 10.5. The standard InChI is InChI=1S/C22H26N4O6S3/c1-21(2,3)31-19(29)11(26-20(30)32-22(4,5)6)7-15-23-12(8-33-15)16-24-13(9-34-16)17-25-14(10-35-17)18(27)28/h8-11H,7H2,1-6H3,(H,26,30)(H,27,28)/t11-/m0/s1. The first-order chi connectivity index (χ1) is 16.2. The van der Waals surface area contributed by atoms with E-state index < -0.39 is 35.3 Å². The third-order valence-electron chi connectivity index (χ3n) is 3.98. The summed E-state index contributed by atoms with van der Waals surface area (Å²) in [5, 5.41) is 18.5. The van der Waals surface area contributed by atoms with Gasteiger partial charge in [-0.25, -0.2) is 29.3 Å². The van der Waals surface area contributed by atoms with Crippen molar-refractivity contribution in [2.75, 3.05) is 0 Å². The monoisotopic (exact) mass is 538 g/mol. The second-order valence-corrected chi connectivity index (χ2v) is 12.1. The molecule has 0 fully saturated rings. The molecule has 3 aromatic heterocycles. The number of hydrogen-bond donors (Lipinski definition) is 2. The topological polar surface area (TPSA) is 141 Å². The van der Waals surface area contributed by atoms with Gasteiger partial charge in [-0.05, 0) is 41.5 Å². The number of ether oxygens (including phenoxy) is 2. The number of alkyl carbamates (subject to hydrolysis) is 1. The van der Waals surface area contributed by atoms with E-state index in [0.29, 0.717) is 26.4 Å². The van der Waals surface area contributed by atoms with Crippen molar-refractivity contribution in [3.8, 4) is 21.4 Å². The minimum absolute atomic E-state index is 0.0267. The van der Waals surface area contributed by atoms with Crippen LogP contribution in [0.2, 0.25) is 0 Å². The van der Waals surface area contributed by atoms with Gasteiger partial charge in [-0.2, -0.15) is 0 Å². The summed E-state index contributed by atoms with van der Waals surface area (Å²) in [6.07, 6.45) is -0.607. The third-order valence-corrected chi connectivity index (χ3v) is 6.58. The molecule has 188 valence electrons. The van der Waals surface area contributed by atoms with E-state index in [2.05, 4.69) is 20.3 Å². The number of esters is 1. The van der Waals surface area contributed by atoms with Crippen molar-refractivity contribution >= 4 is 52.0 Å². The molecule has 3 heterocycles. The zero-order valence-electron chi connectivity index (χ0n) is 20.1. The van der Waals surface area contributed by atoms with Gasteiger partial charge in [0, 0.05) is 22.6 Å². The highest BCUT2D eigenvalue weighted by Crippen LogP contribution is 2.31. The zero-order valence-corrected chi connectivity index (χ0v) is 22.5. The van der Waals surface area contributed by atoms with E-state index in [-0.39, 0.29) is 12.1 Å². The first-order valence-corrected chi connectivity index (χ1v) is 13.2. The lowest BCUT2D eigenvalue weighted by atomic mass is 10.1. The van der Waals surface area contributed by atoms with Gasteiger partial charge in [-0.1, -0.05) is 0 Å². The fraction of sp³-hybridized carbons (Fsp3) is 0.455. The molecule has 0 aliphatic heterocycles. The van der Waals surface area contributed by atoms with Crippen LogP contribution in [-0.4, -0.2) is 55.3 Å². The van der Waals surface area contributed by atoms with Gasteiger partial charge in [0.05, 0.1) is 5.01 Å². The second kappa shape index (κ2) is 10.4. The van der Waals surface area contributed by atoms with Gasteiger partial charge < -0.3 is 19.9 Å². The van der Waals surface area contributed by atoms with E-state index >= 15 is 0 Å². The van der Waals surface area contributed by atoms with E-state index in [4.69, 9.17) is 14.6 Å². The lowest BCUT2D eigenvalue weighted by Gasteiger charge is -2.25. The Labute approximate surface area is 214 Å². The molecule has 0 spiro atoms. The van der Waals surface area contributed by atoms with Crippen molar-refractivity contribution in [3.05, 3.63) is 26.8 Å². The summed E-state index contributed by atoms with van der Waals surface area (Å²) in [6.45, 7) is 10.5. The Bertz CT molecular complexity index is 1220. The van der Waals surface area contributed by atoms with Crippen molar-refractivity contribution in [1.82, 2.24) is 20.3 Å². The van der Waals surface area contributed by atoms with Crippen LogP contribution in [0.5, 0.6) is 0 Å². The molecule has 0 saturated heterocycles. The van der Waals surface area contributed by atoms with Gasteiger partial charge in [0.1, 0.15) is 38.6 Å². The number of nitrogens with zero attached hydrogens (tertiary/aromatic N) is 3. The minimum Gasteiger partial charge on any atom is -0.476 e. The number of aromatic nitrogens is 3. The molecule has 0 unspecified atom stereocenters. The van der Waals surface area contributed by atoms with Crippen LogP contribution in [0.3, 0.4) is 0 Å². The maximum absolute atomic E-state index is 12.8. The Hall–Kier alpha value is -2.90. The molecule has 0 saturated carbocycles. The highest BCUT2D eigenvalue weighted by Gasteiger charge is 2.30. The van der Waals surface area contributed by atoms with Gasteiger partial charge in [0.25, 0.3) is 0 Å². The summed E-state index contributed by atoms with van der Waals surface area (Å²) in [4.78, 5) is 49.4. The number of nitrogens with one attached hydrogen (secondary N) is 1. The first kappa shape index (κ1) is 26.7. The summed E-state index contributed by atoms with van der Waals surface area (Å²) in [5.74, 6) is -1.68. The molecule has 0 bridgehead atoms. The van der Waals surface area contributed by atoms with Crippen molar-refractivity contribution in [1.29, 1.82) is 0 Å². The number of carbonyl (C=O) groups is 3. The lowest BCUT2D eigenvalue weighted by molar-refractivity contribution is -0.157. The Morgan fingerprint density at radius 2 is 1.46 bits per heavy atom. The second-order valence-electron chi connectivity index (χ2n) is 9.44. The van der Waals surface area contributed by atoms with Gasteiger partial charge in [0.2, 0.25) is 0 Å². The number of rotatable bonds is 7. The van der Waals surface area contributed by atoms with E-state index in [1.807, 2.05) is 5.38 Å². The number of carbonyl (C=O) groups excluding carboxylic acids is 2. The third kappa shape index (κ3) is 7.80. The molecular weight excluding hydrogens is 512 g/mol. The van der Waals surface area contributed by atoms with Crippen molar-refractivity contribution < 1.29 is 29.0 Å². The maximum atomic E-state index is 12.8. The largest absolute Gasteiger partial charge is 0.476 e. The molecule has 10 nitrogen and oxygen atoms in total. The molecule has 0 aliphatic carbocycles. The summed E-state index contributed by atoms with van der Waals surface area (Å²) < 4.78 is 10.8. The highest BCUT2D eigenvalue weighted by molar-refractivity contribution is 7.16. The smallest absolute Gasteiger partial charge is 0.408 e. The molecule has 3 rings (SSSR count). The zero-order chi connectivity index (χ0) is 26.0. The van der Waals surface area contributed by atoms with E-state index in [0.717, 1.165) is 0 Å². The Kier molecular flexibility index (Phi) is 7.92. The molecular formula is C22H26N4O6S3. The molecule has 35 heavy (non-hydrogen) atoms. The van der Waals surface area contributed by atoms with Crippen LogP contribution in [0.15, 0.2) is 16.1 Å². The number of hydrogen-bond acceptors (Lipinski definition) is 11. The van der Waals surface area contributed by atoms with Crippen molar-refractivity contribution in [3.63, 3.8) is 0 Å². The van der Waals surface area contributed by atoms with Crippen LogP contribution in [0, 0.1) is 0 Å². The molecule has 3 aromatic rings. The van der Waals surface area contributed by atoms with Crippen LogP contribution in [0.4, 0.5) is 4.79 Å². The predicted molar refractivity (Wildman–Crippen MR) is 134 cm³/mol. The Morgan fingerprint density at radius 1 is 0.886 bits per heavy atom. The summed E-state index contributed by atoms with van der Waals surface area (Å²) in [7, 11) is 0.